The summed E-state index contributed by atoms with van der Waals surface area (Å²) in [4.78, 5) is 24.2. The van der Waals surface area contributed by atoms with Gasteiger partial charge in [-0.3, -0.25) is 14.5 Å². The smallest absolute Gasteiger partial charge is 0.310 e. The standard InChI is InChI=1S/C10H18N2O3/c1-7-8(13)11-4-5-12(7)6-10(2,3)9(14)15/h7H,4-6H2,1-3H3,(H,11,13)(H,14,15). The molecule has 0 spiro atoms. The van der Waals surface area contributed by atoms with Crippen molar-refractivity contribution in [2.24, 2.45) is 5.41 Å². The Kier molecular flexibility index (Phi) is 3.34. The van der Waals surface area contributed by atoms with Gasteiger partial charge in [0.05, 0.1) is 11.5 Å². The molecule has 0 aromatic carbocycles. The molecule has 1 fully saturated rings. The van der Waals surface area contributed by atoms with Gasteiger partial charge in [-0.25, -0.2) is 0 Å². The van der Waals surface area contributed by atoms with Gasteiger partial charge in [0, 0.05) is 19.6 Å². The molecule has 1 saturated heterocycles. The predicted molar refractivity (Wildman–Crippen MR) is 55.5 cm³/mol. The highest BCUT2D eigenvalue weighted by molar-refractivity contribution is 5.82. The summed E-state index contributed by atoms with van der Waals surface area (Å²) in [7, 11) is 0. The number of amides is 1. The van der Waals surface area contributed by atoms with Gasteiger partial charge in [-0.2, -0.15) is 0 Å². The van der Waals surface area contributed by atoms with Crippen molar-refractivity contribution in [3.05, 3.63) is 0 Å². The van der Waals surface area contributed by atoms with Crippen molar-refractivity contribution < 1.29 is 14.7 Å². The van der Waals surface area contributed by atoms with Gasteiger partial charge in [0.1, 0.15) is 0 Å². The highest BCUT2D eigenvalue weighted by atomic mass is 16.4. The first-order chi connectivity index (χ1) is 6.84. The van der Waals surface area contributed by atoms with E-state index in [0.717, 1.165) is 0 Å². The Bertz CT molecular complexity index is 276. The molecular weight excluding hydrogens is 196 g/mol. The lowest BCUT2D eigenvalue weighted by molar-refractivity contribution is -0.149. The van der Waals surface area contributed by atoms with E-state index in [0.29, 0.717) is 19.6 Å². The van der Waals surface area contributed by atoms with E-state index in [4.69, 9.17) is 5.11 Å². The second-order valence-corrected chi connectivity index (χ2v) is 4.63. The molecule has 1 aliphatic heterocycles. The number of hydrogen-bond acceptors (Lipinski definition) is 3. The Hall–Kier alpha value is -1.10. The van der Waals surface area contributed by atoms with E-state index >= 15 is 0 Å². The first-order valence-corrected chi connectivity index (χ1v) is 5.10. The summed E-state index contributed by atoms with van der Waals surface area (Å²) in [6.07, 6.45) is 0. The third kappa shape index (κ3) is 2.68. The van der Waals surface area contributed by atoms with Crippen LogP contribution >= 0.6 is 0 Å². The first kappa shape index (κ1) is 12.0. The summed E-state index contributed by atoms with van der Waals surface area (Å²) >= 11 is 0. The summed E-state index contributed by atoms with van der Waals surface area (Å²) in [6.45, 7) is 6.86. The van der Waals surface area contributed by atoms with Gasteiger partial charge in [-0.15, -0.1) is 0 Å². The quantitative estimate of drug-likeness (QED) is 0.689. The first-order valence-electron chi connectivity index (χ1n) is 5.10. The topological polar surface area (TPSA) is 69.6 Å². The van der Waals surface area contributed by atoms with Crippen LogP contribution in [0.25, 0.3) is 0 Å². The SMILES string of the molecule is CC1C(=O)NCCN1CC(C)(C)C(=O)O. The van der Waals surface area contributed by atoms with Crippen LogP contribution in [0.2, 0.25) is 0 Å². The summed E-state index contributed by atoms with van der Waals surface area (Å²) in [6, 6.07) is -0.239. The average Bonchev–Trinajstić information content (AvgIpc) is 2.12. The number of rotatable bonds is 3. The maximum absolute atomic E-state index is 11.4. The lowest BCUT2D eigenvalue weighted by Gasteiger charge is -2.36. The van der Waals surface area contributed by atoms with E-state index in [1.54, 1.807) is 20.8 Å². The van der Waals surface area contributed by atoms with Crippen molar-refractivity contribution in [3.63, 3.8) is 0 Å². The van der Waals surface area contributed by atoms with E-state index in [-0.39, 0.29) is 11.9 Å². The van der Waals surface area contributed by atoms with E-state index in [9.17, 15) is 9.59 Å². The number of hydrogen-bond donors (Lipinski definition) is 2. The van der Waals surface area contributed by atoms with Crippen molar-refractivity contribution in [2.75, 3.05) is 19.6 Å². The largest absolute Gasteiger partial charge is 0.481 e. The van der Waals surface area contributed by atoms with Crippen LogP contribution in [0.5, 0.6) is 0 Å². The number of aliphatic carboxylic acids is 1. The van der Waals surface area contributed by atoms with Crippen LogP contribution in [0.3, 0.4) is 0 Å². The van der Waals surface area contributed by atoms with Crippen molar-refractivity contribution in [2.45, 2.75) is 26.8 Å². The molecule has 0 aliphatic carbocycles. The monoisotopic (exact) mass is 214 g/mol. The predicted octanol–water partition coefficient (Wildman–Crippen LogP) is -0.0825. The van der Waals surface area contributed by atoms with E-state index in [2.05, 4.69) is 5.32 Å². The number of nitrogens with one attached hydrogen (secondary N) is 1. The van der Waals surface area contributed by atoms with Gasteiger partial charge in [0.2, 0.25) is 5.91 Å². The normalized spacial score (nSPS) is 23.7. The van der Waals surface area contributed by atoms with Crippen LogP contribution in [-0.4, -0.2) is 47.6 Å². The van der Waals surface area contributed by atoms with Gasteiger partial charge < -0.3 is 10.4 Å². The minimum atomic E-state index is -0.833. The number of carbonyl (C=O) groups is 2. The zero-order valence-electron chi connectivity index (χ0n) is 9.41. The van der Waals surface area contributed by atoms with Gasteiger partial charge in [-0.1, -0.05) is 0 Å². The summed E-state index contributed by atoms with van der Waals surface area (Å²) in [5.74, 6) is -0.858. The summed E-state index contributed by atoms with van der Waals surface area (Å²) in [5, 5.41) is 11.7. The van der Waals surface area contributed by atoms with Crippen molar-refractivity contribution in [1.82, 2.24) is 10.2 Å². The van der Waals surface area contributed by atoms with Gasteiger partial charge in [0.15, 0.2) is 0 Å². The van der Waals surface area contributed by atoms with E-state index in [1.807, 2.05) is 4.90 Å². The zero-order chi connectivity index (χ0) is 11.6. The van der Waals surface area contributed by atoms with Gasteiger partial charge in [-0.05, 0) is 20.8 Å². The number of piperazine rings is 1. The fraction of sp³-hybridized carbons (Fsp3) is 0.800. The van der Waals surface area contributed by atoms with Crippen molar-refractivity contribution in [3.8, 4) is 0 Å². The second kappa shape index (κ2) is 4.18. The minimum absolute atomic E-state index is 0.0255. The fourth-order valence-electron chi connectivity index (χ4n) is 1.62. The lowest BCUT2D eigenvalue weighted by atomic mass is 9.92. The van der Waals surface area contributed by atoms with Crippen LogP contribution in [0.15, 0.2) is 0 Å². The molecule has 15 heavy (non-hydrogen) atoms. The van der Waals surface area contributed by atoms with E-state index in [1.165, 1.54) is 0 Å². The highest BCUT2D eigenvalue weighted by Crippen LogP contribution is 2.19. The summed E-state index contributed by atoms with van der Waals surface area (Å²) < 4.78 is 0. The Morgan fingerprint density at radius 2 is 2.27 bits per heavy atom. The fourth-order valence-corrected chi connectivity index (χ4v) is 1.62. The van der Waals surface area contributed by atoms with E-state index < -0.39 is 11.4 Å². The number of carboxylic acid groups (broad SMARTS) is 1. The molecule has 0 radical (unpaired) electrons. The number of carboxylic acids is 1. The molecule has 0 saturated carbocycles. The maximum Gasteiger partial charge on any atom is 0.310 e. The molecule has 1 atom stereocenters. The van der Waals surface area contributed by atoms with Crippen LogP contribution in [0.1, 0.15) is 20.8 Å². The molecule has 0 aromatic heterocycles. The summed E-state index contributed by atoms with van der Waals surface area (Å²) in [5.41, 5.74) is -0.814. The Morgan fingerprint density at radius 1 is 1.67 bits per heavy atom. The Labute approximate surface area is 89.4 Å². The van der Waals surface area contributed by atoms with Crippen LogP contribution in [-0.2, 0) is 9.59 Å². The molecular formula is C10H18N2O3. The Balaban J connectivity index is 2.65. The van der Waals surface area contributed by atoms with Crippen molar-refractivity contribution >= 4 is 11.9 Å². The maximum atomic E-state index is 11.4. The van der Waals surface area contributed by atoms with Gasteiger partial charge in [0.25, 0.3) is 0 Å². The average molecular weight is 214 g/mol. The number of nitrogens with zero attached hydrogens (tertiary/aromatic N) is 1. The highest BCUT2D eigenvalue weighted by Gasteiger charge is 2.34. The van der Waals surface area contributed by atoms with Crippen molar-refractivity contribution in [1.29, 1.82) is 0 Å². The third-order valence-corrected chi connectivity index (χ3v) is 2.80. The molecule has 1 rings (SSSR count). The second-order valence-electron chi connectivity index (χ2n) is 4.63. The van der Waals surface area contributed by atoms with Crippen LogP contribution in [0.4, 0.5) is 0 Å². The molecule has 86 valence electrons. The molecule has 5 nitrogen and oxygen atoms in total. The lowest BCUT2D eigenvalue weighted by Crippen LogP contribution is -2.56. The van der Waals surface area contributed by atoms with Gasteiger partial charge >= 0.3 is 5.97 Å². The minimum Gasteiger partial charge on any atom is -0.481 e. The molecule has 1 amide bonds. The molecule has 1 unspecified atom stereocenters. The molecule has 2 N–H and O–H groups in total. The third-order valence-electron chi connectivity index (χ3n) is 2.80. The molecule has 1 aliphatic rings. The molecule has 1 heterocycles. The molecule has 0 bridgehead atoms. The zero-order valence-corrected chi connectivity index (χ0v) is 9.41. The molecule has 5 heteroatoms. The number of carbonyl (C=O) groups excluding carboxylic acids is 1. The van der Waals surface area contributed by atoms with Crippen LogP contribution < -0.4 is 5.32 Å². The Morgan fingerprint density at radius 3 is 2.80 bits per heavy atom. The van der Waals surface area contributed by atoms with Crippen LogP contribution in [0, 0.1) is 5.41 Å². The molecule has 0 aromatic rings.